The second kappa shape index (κ2) is 9.58. The molecule has 8 heteroatoms. The van der Waals surface area contributed by atoms with Crippen molar-refractivity contribution in [1.29, 1.82) is 0 Å². The first-order valence-electron chi connectivity index (χ1n) is 11.5. The van der Waals surface area contributed by atoms with Gasteiger partial charge in [0.15, 0.2) is 0 Å². The van der Waals surface area contributed by atoms with Gasteiger partial charge in [-0.25, -0.2) is 4.79 Å². The van der Waals surface area contributed by atoms with E-state index in [9.17, 15) is 9.59 Å². The van der Waals surface area contributed by atoms with Gasteiger partial charge in [-0.3, -0.25) is 14.8 Å². The number of fused-ring (bicyclic) bond motifs is 1. The summed E-state index contributed by atoms with van der Waals surface area (Å²) in [5, 5.41) is 7.47. The van der Waals surface area contributed by atoms with Crippen molar-refractivity contribution in [1.82, 2.24) is 10.2 Å². The number of H-pyrrole nitrogens is 1. The normalized spacial score (nSPS) is 14.5. The molecule has 0 bridgehead atoms. The number of nitrogens with one attached hydrogen (secondary N) is 1. The van der Waals surface area contributed by atoms with E-state index >= 15 is 0 Å². The van der Waals surface area contributed by atoms with E-state index in [2.05, 4.69) is 10.2 Å². The lowest BCUT2D eigenvalue weighted by Crippen LogP contribution is -2.29. The van der Waals surface area contributed by atoms with E-state index in [0.717, 1.165) is 22.4 Å². The molecule has 1 unspecified atom stereocenters. The molecule has 1 aromatic heterocycles. The van der Waals surface area contributed by atoms with E-state index in [1.165, 1.54) is 0 Å². The number of carbonyl (C=O) groups excluding carboxylic acids is 2. The summed E-state index contributed by atoms with van der Waals surface area (Å²) in [6.45, 7) is 2.05. The molecule has 0 spiro atoms. The number of benzene rings is 3. The zero-order valence-electron chi connectivity index (χ0n) is 20.1. The van der Waals surface area contributed by atoms with Gasteiger partial charge in [0.2, 0.25) is 0 Å². The lowest BCUT2D eigenvalue weighted by atomic mass is 9.95. The van der Waals surface area contributed by atoms with Crippen LogP contribution in [0.4, 0.5) is 5.69 Å². The van der Waals surface area contributed by atoms with Crippen molar-refractivity contribution in [2.24, 2.45) is 0 Å². The lowest BCUT2D eigenvalue weighted by Gasteiger charge is -2.27. The number of carbonyl (C=O) groups is 2. The molecule has 0 fully saturated rings. The number of rotatable bonds is 7. The molecule has 1 N–H and O–H groups in total. The van der Waals surface area contributed by atoms with Gasteiger partial charge in [0, 0.05) is 16.8 Å². The standard InChI is InChI=1S/C28H25N3O5/c1-4-36-28(33)18-8-12-20(13-9-18)31-26(19-6-5-7-22(16-19)35-3)23-24(29-30-25(23)27(31)32)17-10-14-21(34-2)15-11-17/h5-16,26H,4H2,1-3H3,(H,29,30). The highest BCUT2D eigenvalue weighted by Crippen LogP contribution is 2.45. The van der Waals surface area contributed by atoms with E-state index in [4.69, 9.17) is 14.2 Å². The number of hydrogen-bond acceptors (Lipinski definition) is 6. The van der Waals surface area contributed by atoms with Crippen molar-refractivity contribution in [3.63, 3.8) is 0 Å². The first-order valence-corrected chi connectivity index (χ1v) is 11.5. The highest BCUT2D eigenvalue weighted by atomic mass is 16.5. The molecule has 0 saturated carbocycles. The molecule has 2 heterocycles. The van der Waals surface area contributed by atoms with Crippen LogP contribution in [-0.2, 0) is 4.74 Å². The highest BCUT2D eigenvalue weighted by molar-refractivity contribution is 6.12. The summed E-state index contributed by atoms with van der Waals surface area (Å²) in [5.74, 6) is 0.793. The molecule has 1 atom stereocenters. The third kappa shape index (κ3) is 3.96. The van der Waals surface area contributed by atoms with Gasteiger partial charge in [-0.15, -0.1) is 0 Å². The maximum Gasteiger partial charge on any atom is 0.338 e. The minimum absolute atomic E-state index is 0.214. The number of hydrogen-bond donors (Lipinski definition) is 1. The molecule has 1 aliphatic heterocycles. The van der Waals surface area contributed by atoms with Crippen LogP contribution in [0.3, 0.4) is 0 Å². The average molecular weight is 484 g/mol. The highest BCUT2D eigenvalue weighted by Gasteiger charge is 2.43. The smallest absolute Gasteiger partial charge is 0.338 e. The van der Waals surface area contributed by atoms with Gasteiger partial charge in [0.1, 0.15) is 17.2 Å². The number of ether oxygens (including phenoxy) is 3. The van der Waals surface area contributed by atoms with E-state index in [-0.39, 0.29) is 5.91 Å². The van der Waals surface area contributed by atoms with Crippen LogP contribution in [0.5, 0.6) is 11.5 Å². The summed E-state index contributed by atoms with van der Waals surface area (Å²) in [6, 6.07) is 21.6. The topological polar surface area (TPSA) is 93.8 Å². The van der Waals surface area contributed by atoms with Gasteiger partial charge in [-0.05, 0) is 73.2 Å². The number of methoxy groups -OCH3 is 2. The van der Waals surface area contributed by atoms with Gasteiger partial charge >= 0.3 is 5.97 Å². The molecule has 3 aromatic carbocycles. The van der Waals surface area contributed by atoms with Gasteiger partial charge in [-0.2, -0.15) is 5.10 Å². The first-order chi connectivity index (χ1) is 17.5. The molecular weight excluding hydrogens is 458 g/mol. The zero-order chi connectivity index (χ0) is 25.2. The molecule has 8 nitrogen and oxygen atoms in total. The molecule has 4 aromatic rings. The lowest BCUT2D eigenvalue weighted by molar-refractivity contribution is 0.0526. The fourth-order valence-corrected chi connectivity index (χ4v) is 4.48. The summed E-state index contributed by atoms with van der Waals surface area (Å²) in [5.41, 5.74) is 4.66. The Balaban J connectivity index is 1.63. The molecule has 36 heavy (non-hydrogen) atoms. The van der Waals surface area contributed by atoms with Crippen LogP contribution in [0.15, 0.2) is 72.8 Å². The van der Waals surface area contributed by atoms with Crippen molar-refractivity contribution in [2.75, 3.05) is 25.7 Å². The number of amides is 1. The summed E-state index contributed by atoms with van der Waals surface area (Å²) >= 11 is 0. The Bertz CT molecular complexity index is 1410. The Morgan fingerprint density at radius 1 is 0.972 bits per heavy atom. The van der Waals surface area contributed by atoms with Gasteiger partial charge < -0.3 is 14.2 Å². The molecular formula is C28H25N3O5. The summed E-state index contributed by atoms with van der Waals surface area (Å²) in [7, 11) is 3.22. The molecule has 0 saturated heterocycles. The maximum atomic E-state index is 13.7. The average Bonchev–Trinajstić information content (AvgIpc) is 3.48. The maximum absolute atomic E-state index is 13.7. The van der Waals surface area contributed by atoms with Gasteiger partial charge in [0.25, 0.3) is 5.91 Å². The molecule has 0 radical (unpaired) electrons. The van der Waals surface area contributed by atoms with E-state index in [1.54, 1.807) is 50.3 Å². The van der Waals surface area contributed by atoms with Crippen LogP contribution in [0.25, 0.3) is 11.3 Å². The van der Waals surface area contributed by atoms with Crippen LogP contribution in [0, 0.1) is 0 Å². The van der Waals surface area contributed by atoms with Crippen LogP contribution in [-0.4, -0.2) is 42.9 Å². The second-order valence-electron chi connectivity index (χ2n) is 8.21. The zero-order valence-corrected chi connectivity index (χ0v) is 20.1. The number of aromatic amines is 1. The minimum atomic E-state index is -0.466. The minimum Gasteiger partial charge on any atom is -0.497 e. The van der Waals surface area contributed by atoms with E-state index < -0.39 is 12.0 Å². The molecule has 0 aliphatic carbocycles. The van der Waals surface area contributed by atoms with Crippen molar-refractivity contribution >= 4 is 17.6 Å². The number of anilines is 1. The summed E-state index contributed by atoms with van der Waals surface area (Å²) in [6.07, 6.45) is 0. The fourth-order valence-electron chi connectivity index (χ4n) is 4.48. The van der Waals surface area contributed by atoms with Crippen LogP contribution >= 0.6 is 0 Å². The summed E-state index contributed by atoms with van der Waals surface area (Å²) in [4.78, 5) is 27.6. The van der Waals surface area contributed by atoms with E-state index in [1.807, 2.05) is 48.5 Å². The number of nitrogens with zero attached hydrogens (tertiary/aromatic N) is 2. The Hall–Kier alpha value is -4.59. The van der Waals surface area contributed by atoms with E-state index in [0.29, 0.717) is 35.0 Å². The van der Waals surface area contributed by atoms with Crippen LogP contribution in [0.2, 0.25) is 0 Å². The predicted octanol–water partition coefficient (Wildman–Crippen LogP) is 5.02. The molecule has 182 valence electrons. The van der Waals surface area contributed by atoms with Crippen LogP contribution in [0.1, 0.15) is 44.9 Å². The van der Waals surface area contributed by atoms with Crippen molar-refractivity contribution in [2.45, 2.75) is 13.0 Å². The Labute approximate surface area is 208 Å². The Morgan fingerprint density at radius 3 is 2.36 bits per heavy atom. The number of aromatic nitrogens is 2. The van der Waals surface area contributed by atoms with Crippen molar-refractivity contribution in [3.05, 3.63) is 95.2 Å². The third-order valence-electron chi connectivity index (χ3n) is 6.20. The Morgan fingerprint density at radius 2 is 1.69 bits per heavy atom. The van der Waals surface area contributed by atoms with Crippen molar-refractivity contribution in [3.8, 4) is 22.8 Å². The molecule has 5 rings (SSSR count). The van der Waals surface area contributed by atoms with Crippen molar-refractivity contribution < 1.29 is 23.8 Å². The fraction of sp³-hybridized carbons (Fsp3) is 0.179. The monoisotopic (exact) mass is 483 g/mol. The third-order valence-corrected chi connectivity index (χ3v) is 6.20. The summed E-state index contributed by atoms with van der Waals surface area (Å²) < 4.78 is 15.9. The SMILES string of the molecule is CCOC(=O)c1ccc(N2C(=O)c3[nH]nc(-c4ccc(OC)cc4)c3C2c2cccc(OC)c2)cc1. The quantitative estimate of drug-likeness (QED) is 0.371. The second-order valence-corrected chi connectivity index (χ2v) is 8.21. The predicted molar refractivity (Wildman–Crippen MR) is 135 cm³/mol. The largest absolute Gasteiger partial charge is 0.497 e. The molecule has 1 aliphatic rings. The first kappa shape index (κ1) is 23.2. The Kier molecular flexibility index (Phi) is 6.16. The molecule has 1 amide bonds. The van der Waals surface area contributed by atoms with Gasteiger partial charge in [0.05, 0.1) is 38.1 Å². The van der Waals surface area contributed by atoms with Crippen LogP contribution < -0.4 is 14.4 Å². The number of esters is 1. The van der Waals surface area contributed by atoms with Gasteiger partial charge in [-0.1, -0.05) is 12.1 Å².